The van der Waals surface area contributed by atoms with Crippen LogP contribution < -0.4 is 14.8 Å². The molecule has 0 aliphatic carbocycles. The quantitative estimate of drug-likeness (QED) is 0.529. The van der Waals surface area contributed by atoms with Crippen LogP contribution in [-0.4, -0.2) is 40.3 Å². The van der Waals surface area contributed by atoms with E-state index < -0.39 is 25.9 Å². The van der Waals surface area contributed by atoms with Crippen LogP contribution in [0, 0.1) is 0 Å². The van der Waals surface area contributed by atoms with Crippen LogP contribution in [0.3, 0.4) is 0 Å². The highest BCUT2D eigenvalue weighted by molar-refractivity contribution is 7.92. The third kappa shape index (κ3) is 5.98. The van der Waals surface area contributed by atoms with Crippen LogP contribution in [0.15, 0.2) is 83.8 Å². The van der Waals surface area contributed by atoms with Crippen molar-refractivity contribution in [3.63, 3.8) is 0 Å². The lowest BCUT2D eigenvalue weighted by molar-refractivity contribution is 0.102. The largest absolute Gasteiger partial charge is 0.457 e. The van der Waals surface area contributed by atoms with Gasteiger partial charge in [0.05, 0.1) is 16.4 Å². The maximum Gasteiger partial charge on any atom is 0.255 e. The van der Waals surface area contributed by atoms with Gasteiger partial charge in [-0.25, -0.2) is 21.6 Å². The lowest BCUT2D eigenvalue weighted by Gasteiger charge is -2.12. The van der Waals surface area contributed by atoms with Gasteiger partial charge in [0.2, 0.25) is 10.0 Å². The third-order valence-electron chi connectivity index (χ3n) is 5.05. The predicted octanol–water partition coefficient (Wildman–Crippen LogP) is 3.20. The van der Waals surface area contributed by atoms with Gasteiger partial charge in [-0.05, 0) is 61.0 Å². The van der Waals surface area contributed by atoms with Crippen molar-refractivity contribution in [3.8, 4) is 11.5 Å². The second-order valence-electron chi connectivity index (χ2n) is 7.64. The van der Waals surface area contributed by atoms with Gasteiger partial charge in [0.15, 0.2) is 9.84 Å². The van der Waals surface area contributed by atoms with Crippen LogP contribution in [0.25, 0.3) is 0 Å². The second-order valence-corrected chi connectivity index (χ2v) is 11.6. The zero-order chi connectivity index (χ0) is 23.5. The highest BCUT2D eigenvalue weighted by atomic mass is 32.2. The number of carbonyl (C=O) groups excluding carboxylic acids is 1. The van der Waals surface area contributed by atoms with Gasteiger partial charge in [0.1, 0.15) is 11.5 Å². The third-order valence-corrected chi connectivity index (χ3v) is 8.36. The molecule has 0 radical (unpaired) electrons. The fourth-order valence-corrected chi connectivity index (χ4v) is 6.47. The monoisotopic (exact) mass is 486 g/mol. The molecule has 1 aliphatic heterocycles. The summed E-state index contributed by atoms with van der Waals surface area (Å²) in [5.41, 5.74) is 0.793. The number of hydrogen-bond donors (Lipinski definition) is 2. The van der Waals surface area contributed by atoms with Crippen LogP contribution in [0.2, 0.25) is 0 Å². The summed E-state index contributed by atoms with van der Waals surface area (Å²) in [6, 6.07) is 20.9. The van der Waals surface area contributed by atoms with E-state index in [1.54, 1.807) is 24.3 Å². The van der Waals surface area contributed by atoms with E-state index in [-0.39, 0.29) is 28.7 Å². The van der Waals surface area contributed by atoms with Crippen molar-refractivity contribution >= 4 is 31.5 Å². The van der Waals surface area contributed by atoms with Crippen molar-refractivity contribution < 1.29 is 26.4 Å². The Morgan fingerprint density at radius 3 is 2.27 bits per heavy atom. The molecule has 1 amide bonds. The highest BCUT2D eigenvalue weighted by Crippen LogP contribution is 2.23. The normalized spacial score (nSPS) is 17.4. The van der Waals surface area contributed by atoms with Crippen molar-refractivity contribution in [2.45, 2.75) is 17.4 Å². The van der Waals surface area contributed by atoms with E-state index in [9.17, 15) is 21.6 Å². The average Bonchev–Trinajstić information content (AvgIpc) is 3.12. The van der Waals surface area contributed by atoms with Gasteiger partial charge in [-0.15, -0.1) is 0 Å². The maximum absolute atomic E-state index is 12.6. The van der Waals surface area contributed by atoms with Crippen molar-refractivity contribution in [1.82, 2.24) is 4.72 Å². The van der Waals surface area contributed by atoms with Gasteiger partial charge in [-0.3, -0.25) is 4.79 Å². The molecule has 1 atom stereocenters. The van der Waals surface area contributed by atoms with Crippen molar-refractivity contribution in [2.75, 3.05) is 16.8 Å². The number of hydrogen-bond acceptors (Lipinski definition) is 6. The van der Waals surface area contributed by atoms with Crippen LogP contribution in [-0.2, 0) is 19.9 Å². The van der Waals surface area contributed by atoms with E-state index in [0.29, 0.717) is 22.7 Å². The highest BCUT2D eigenvalue weighted by Gasteiger charge is 2.31. The minimum atomic E-state index is -3.87. The van der Waals surface area contributed by atoms with Crippen LogP contribution in [0.1, 0.15) is 16.8 Å². The average molecular weight is 487 g/mol. The number of sulfonamides is 1. The smallest absolute Gasteiger partial charge is 0.255 e. The molecule has 2 N–H and O–H groups in total. The van der Waals surface area contributed by atoms with Crippen LogP contribution >= 0.6 is 0 Å². The first-order valence-electron chi connectivity index (χ1n) is 10.2. The summed E-state index contributed by atoms with van der Waals surface area (Å²) in [5.74, 6) is 0.556. The summed E-state index contributed by atoms with van der Waals surface area (Å²) in [4.78, 5) is 12.6. The lowest BCUT2D eigenvalue weighted by Crippen LogP contribution is -2.35. The Balaban J connectivity index is 1.40. The number of carbonyl (C=O) groups is 1. The van der Waals surface area contributed by atoms with Crippen molar-refractivity contribution in [3.05, 3.63) is 84.4 Å². The van der Waals surface area contributed by atoms with E-state index in [4.69, 9.17) is 4.74 Å². The molecule has 4 rings (SSSR count). The van der Waals surface area contributed by atoms with E-state index >= 15 is 0 Å². The first-order chi connectivity index (χ1) is 15.7. The molecule has 172 valence electrons. The van der Waals surface area contributed by atoms with E-state index in [1.165, 1.54) is 24.3 Å². The minimum absolute atomic E-state index is 0.0111. The molecule has 0 saturated carbocycles. The minimum Gasteiger partial charge on any atom is -0.457 e. The SMILES string of the molecule is O=C(Nc1ccc(S(=O)(=O)N[C@@H]2CCS(=O)(=O)C2)cc1)c1cccc(Oc2ccccc2)c1. The van der Waals surface area contributed by atoms with Gasteiger partial charge in [0.25, 0.3) is 5.91 Å². The molecule has 8 nitrogen and oxygen atoms in total. The molecule has 0 aromatic heterocycles. The van der Waals surface area contributed by atoms with Gasteiger partial charge in [-0.2, -0.15) is 0 Å². The molecule has 0 bridgehead atoms. The fourth-order valence-electron chi connectivity index (χ4n) is 3.42. The number of amides is 1. The Labute approximate surface area is 192 Å². The summed E-state index contributed by atoms with van der Waals surface area (Å²) in [5, 5.41) is 2.72. The zero-order valence-electron chi connectivity index (χ0n) is 17.5. The first-order valence-corrected chi connectivity index (χ1v) is 13.5. The predicted molar refractivity (Wildman–Crippen MR) is 125 cm³/mol. The molecule has 3 aromatic rings. The van der Waals surface area contributed by atoms with Crippen molar-refractivity contribution in [1.29, 1.82) is 0 Å². The van der Waals surface area contributed by atoms with Gasteiger partial charge in [-0.1, -0.05) is 24.3 Å². The number of ether oxygens (including phenoxy) is 1. The Kier molecular flexibility index (Phi) is 6.50. The first kappa shape index (κ1) is 23.0. The Bertz CT molecular complexity index is 1360. The van der Waals surface area contributed by atoms with Gasteiger partial charge < -0.3 is 10.1 Å². The summed E-state index contributed by atoms with van der Waals surface area (Å²) >= 11 is 0. The second kappa shape index (κ2) is 9.34. The van der Waals surface area contributed by atoms with Gasteiger partial charge >= 0.3 is 0 Å². The number of anilines is 1. The molecule has 1 fully saturated rings. The lowest BCUT2D eigenvalue weighted by atomic mass is 10.2. The molecule has 0 unspecified atom stereocenters. The molecule has 1 saturated heterocycles. The number of nitrogens with one attached hydrogen (secondary N) is 2. The van der Waals surface area contributed by atoms with E-state index in [2.05, 4.69) is 10.0 Å². The number of benzene rings is 3. The van der Waals surface area contributed by atoms with E-state index in [0.717, 1.165) is 0 Å². The summed E-state index contributed by atoms with van der Waals surface area (Å²) < 4.78 is 56.4. The van der Waals surface area contributed by atoms with Crippen LogP contribution in [0.5, 0.6) is 11.5 Å². The summed E-state index contributed by atoms with van der Waals surface area (Å²) in [6.07, 6.45) is 0.253. The topological polar surface area (TPSA) is 119 Å². The molecule has 1 heterocycles. The Hall–Kier alpha value is -3.21. The summed E-state index contributed by atoms with van der Waals surface area (Å²) in [6.45, 7) is 0. The maximum atomic E-state index is 12.6. The fraction of sp³-hybridized carbons (Fsp3) is 0.174. The molecular formula is C23H22N2O6S2. The molecule has 10 heteroatoms. The molecule has 1 aliphatic rings. The standard InChI is InChI=1S/C23H22N2O6S2/c26-23(17-5-4-8-21(15-17)31-20-6-2-1-3-7-20)24-18-9-11-22(12-10-18)33(29,30)25-19-13-14-32(27,28)16-19/h1-12,15,19,25H,13-14,16H2,(H,24,26)/t19-/m1/s1. The van der Waals surface area contributed by atoms with Crippen LogP contribution in [0.4, 0.5) is 5.69 Å². The number of para-hydroxylation sites is 1. The molecule has 0 spiro atoms. The van der Waals surface area contributed by atoms with E-state index in [1.807, 2.05) is 30.3 Å². The van der Waals surface area contributed by atoms with Crippen molar-refractivity contribution in [2.24, 2.45) is 0 Å². The molecule has 33 heavy (non-hydrogen) atoms. The Morgan fingerprint density at radius 1 is 0.909 bits per heavy atom. The molecular weight excluding hydrogens is 464 g/mol. The number of sulfone groups is 1. The Morgan fingerprint density at radius 2 is 1.61 bits per heavy atom. The summed E-state index contributed by atoms with van der Waals surface area (Å²) in [7, 11) is -7.07. The molecule has 3 aromatic carbocycles. The number of rotatable bonds is 7. The zero-order valence-corrected chi connectivity index (χ0v) is 19.1. The van der Waals surface area contributed by atoms with Gasteiger partial charge in [0, 0.05) is 17.3 Å².